The number of aromatic nitrogens is 2. The average Bonchev–Trinajstić information content (AvgIpc) is 3.24. The molecule has 1 aliphatic carbocycles. The topological polar surface area (TPSA) is 46.9 Å². The van der Waals surface area contributed by atoms with Crippen molar-refractivity contribution in [1.82, 2.24) is 15.1 Å². The van der Waals surface area contributed by atoms with Crippen LogP contribution in [0.15, 0.2) is 77.3 Å². The molecule has 0 unspecified atom stereocenters. The number of fused-ring (bicyclic) bond motifs is 1. The van der Waals surface area contributed by atoms with Crippen LogP contribution in [0, 0.1) is 0 Å². The summed E-state index contributed by atoms with van der Waals surface area (Å²) < 4.78 is 2.87. The molecular formula is C28H24BrCl2N3O. The van der Waals surface area contributed by atoms with Gasteiger partial charge in [0.2, 0.25) is 5.91 Å². The Bertz CT molecular complexity index is 1370. The van der Waals surface area contributed by atoms with Gasteiger partial charge >= 0.3 is 0 Å². The summed E-state index contributed by atoms with van der Waals surface area (Å²) in [6, 6.07) is 23.4. The zero-order chi connectivity index (χ0) is 24.5. The van der Waals surface area contributed by atoms with Gasteiger partial charge < -0.3 is 5.32 Å². The normalized spacial score (nSPS) is 15.9. The second-order valence-electron chi connectivity index (χ2n) is 8.81. The van der Waals surface area contributed by atoms with Crippen LogP contribution < -0.4 is 5.32 Å². The lowest BCUT2D eigenvalue weighted by Gasteiger charge is -2.23. The third kappa shape index (κ3) is 4.90. The highest BCUT2D eigenvalue weighted by atomic mass is 79.9. The fraction of sp³-hybridized carbons (Fsp3) is 0.214. The number of amides is 1. The quantitative estimate of drug-likeness (QED) is 0.266. The molecule has 0 radical (unpaired) electrons. The van der Waals surface area contributed by atoms with Crippen molar-refractivity contribution >= 4 is 45.0 Å². The molecule has 7 heteroatoms. The van der Waals surface area contributed by atoms with Crippen molar-refractivity contribution in [3.63, 3.8) is 0 Å². The Kier molecular flexibility index (Phi) is 7.01. The fourth-order valence-corrected chi connectivity index (χ4v) is 5.49. The summed E-state index contributed by atoms with van der Waals surface area (Å²) in [5.41, 5.74) is 5.71. The first kappa shape index (κ1) is 24.1. The van der Waals surface area contributed by atoms with E-state index in [1.54, 1.807) is 12.1 Å². The lowest BCUT2D eigenvalue weighted by atomic mass is 9.85. The van der Waals surface area contributed by atoms with E-state index in [-0.39, 0.29) is 17.9 Å². The number of carbonyl (C=O) groups is 1. The van der Waals surface area contributed by atoms with Crippen LogP contribution in [0.3, 0.4) is 0 Å². The molecular weight excluding hydrogens is 545 g/mol. The molecule has 0 fully saturated rings. The van der Waals surface area contributed by atoms with E-state index in [2.05, 4.69) is 33.4 Å². The van der Waals surface area contributed by atoms with Crippen molar-refractivity contribution in [3.8, 4) is 16.9 Å². The molecule has 1 N–H and O–H groups in total. The van der Waals surface area contributed by atoms with Gasteiger partial charge in [-0.1, -0.05) is 81.6 Å². The number of carbonyl (C=O) groups excluding carboxylic acids is 1. The van der Waals surface area contributed by atoms with Gasteiger partial charge in [-0.2, -0.15) is 5.10 Å². The predicted molar refractivity (Wildman–Crippen MR) is 145 cm³/mol. The van der Waals surface area contributed by atoms with Crippen LogP contribution >= 0.6 is 39.1 Å². The van der Waals surface area contributed by atoms with Crippen LogP contribution in [0.4, 0.5) is 0 Å². The van der Waals surface area contributed by atoms with Gasteiger partial charge in [0.1, 0.15) is 0 Å². The Labute approximate surface area is 223 Å². The average molecular weight is 569 g/mol. The van der Waals surface area contributed by atoms with E-state index in [9.17, 15) is 4.79 Å². The molecule has 35 heavy (non-hydrogen) atoms. The summed E-state index contributed by atoms with van der Waals surface area (Å²) in [6.07, 6.45) is 2.52. The third-order valence-electron chi connectivity index (χ3n) is 6.49. The van der Waals surface area contributed by atoms with E-state index in [0.717, 1.165) is 57.5 Å². The first-order valence-corrected chi connectivity index (χ1v) is 13.2. The van der Waals surface area contributed by atoms with Gasteiger partial charge in [0.25, 0.3) is 0 Å². The van der Waals surface area contributed by atoms with Crippen molar-refractivity contribution in [2.75, 3.05) is 0 Å². The Hall–Kier alpha value is -2.60. The SMILES string of the molecule is C[C@@H](NC(=O)[C@H]1CCCc2c1nn(-c1ccc(Cl)cc1Cl)c2-c1ccc(Br)cc1)c1ccccc1. The van der Waals surface area contributed by atoms with Crippen LogP contribution in [0.25, 0.3) is 16.9 Å². The van der Waals surface area contributed by atoms with E-state index in [0.29, 0.717) is 10.0 Å². The van der Waals surface area contributed by atoms with Gasteiger partial charge in [0, 0.05) is 20.6 Å². The molecule has 0 aliphatic heterocycles. The number of nitrogens with one attached hydrogen (secondary N) is 1. The Balaban J connectivity index is 1.58. The minimum absolute atomic E-state index is 0.00323. The Morgan fingerprint density at radius 3 is 2.54 bits per heavy atom. The van der Waals surface area contributed by atoms with Crippen LogP contribution in [-0.4, -0.2) is 15.7 Å². The monoisotopic (exact) mass is 567 g/mol. The first-order chi connectivity index (χ1) is 16.9. The van der Waals surface area contributed by atoms with E-state index >= 15 is 0 Å². The second-order valence-corrected chi connectivity index (χ2v) is 10.6. The molecule has 2 atom stereocenters. The summed E-state index contributed by atoms with van der Waals surface area (Å²) in [7, 11) is 0. The van der Waals surface area contributed by atoms with Gasteiger partial charge in [-0.25, -0.2) is 4.68 Å². The van der Waals surface area contributed by atoms with Crippen molar-refractivity contribution in [3.05, 3.63) is 104 Å². The molecule has 4 nitrogen and oxygen atoms in total. The van der Waals surface area contributed by atoms with Gasteiger partial charge in [0.05, 0.1) is 34.1 Å². The molecule has 1 amide bonds. The lowest BCUT2D eigenvalue weighted by Crippen LogP contribution is -2.33. The number of hydrogen-bond donors (Lipinski definition) is 1. The van der Waals surface area contributed by atoms with Gasteiger partial charge in [-0.15, -0.1) is 0 Å². The fourth-order valence-electron chi connectivity index (χ4n) is 4.74. The van der Waals surface area contributed by atoms with Gasteiger partial charge in [-0.3, -0.25) is 4.79 Å². The predicted octanol–water partition coefficient (Wildman–Crippen LogP) is 7.91. The molecule has 3 aromatic carbocycles. The second kappa shape index (κ2) is 10.2. The highest BCUT2D eigenvalue weighted by Gasteiger charge is 2.34. The largest absolute Gasteiger partial charge is 0.349 e. The molecule has 1 aromatic heterocycles. The molecule has 1 heterocycles. The zero-order valence-corrected chi connectivity index (χ0v) is 22.2. The molecule has 1 aliphatic rings. The lowest BCUT2D eigenvalue weighted by molar-refractivity contribution is -0.123. The maximum atomic E-state index is 13.5. The van der Waals surface area contributed by atoms with Gasteiger partial charge in [-0.05, 0) is 62.1 Å². The van der Waals surface area contributed by atoms with Crippen LogP contribution in [0.1, 0.15) is 48.5 Å². The molecule has 178 valence electrons. The summed E-state index contributed by atoms with van der Waals surface area (Å²) in [5, 5.41) is 9.28. The summed E-state index contributed by atoms with van der Waals surface area (Å²) in [5.74, 6) is -0.331. The highest BCUT2D eigenvalue weighted by molar-refractivity contribution is 9.10. The Morgan fingerprint density at radius 1 is 1.09 bits per heavy atom. The van der Waals surface area contributed by atoms with Gasteiger partial charge in [0.15, 0.2) is 0 Å². The van der Waals surface area contributed by atoms with E-state index < -0.39 is 0 Å². The van der Waals surface area contributed by atoms with Crippen molar-refractivity contribution in [2.24, 2.45) is 0 Å². The van der Waals surface area contributed by atoms with Crippen molar-refractivity contribution < 1.29 is 4.79 Å². The number of halogens is 3. The summed E-state index contributed by atoms with van der Waals surface area (Å²) >= 11 is 16.3. The smallest absolute Gasteiger partial charge is 0.229 e. The molecule has 0 spiro atoms. The molecule has 4 aromatic rings. The summed E-state index contributed by atoms with van der Waals surface area (Å²) in [6.45, 7) is 2.01. The number of nitrogens with zero attached hydrogens (tertiary/aromatic N) is 2. The molecule has 0 saturated heterocycles. The number of rotatable bonds is 5. The van der Waals surface area contributed by atoms with Crippen molar-refractivity contribution in [1.29, 1.82) is 0 Å². The minimum Gasteiger partial charge on any atom is -0.349 e. The Morgan fingerprint density at radius 2 is 1.83 bits per heavy atom. The van der Waals surface area contributed by atoms with E-state index in [1.165, 1.54) is 0 Å². The molecule has 0 bridgehead atoms. The maximum Gasteiger partial charge on any atom is 0.229 e. The molecule has 0 saturated carbocycles. The first-order valence-electron chi connectivity index (χ1n) is 11.6. The zero-order valence-electron chi connectivity index (χ0n) is 19.1. The highest BCUT2D eigenvalue weighted by Crippen LogP contribution is 2.40. The van der Waals surface area contributed by atoms with E-state index in [1.807, 2.05) is 60.1 Å². The third-order valence-corrected chi connectivity index (χ3v) is 7.56. The molecule has 5 rings (SSSR count). The van der Waals surface area contributed by atoms with Crippen LogP contribution in [0.5, 0.6) is 0 Å². The maximum absolute atomic E-state index is 13.5. The number of benzene rings is 3. The van der Waals surface area contributed by atoms with Crippen molar-refractivity contribution in [2.45, 2.75) is 38.1 Å². The standard InChI is InChI=1S/C28H24BrCl2N3O/c1-17(18-6-3-2-4-7-18)32-28(35)23-9-5-8-22-26(23)33-34(25-15-14-21(30)16-24(25)31)27(22)19-10-12-20(29)13-11-19/h2-4,6-7,10-17,23H,5,8-9H2,1H3,(H,32,35)/t17-,23+/m1/s1. The minimum atomic E-state index is -0.327. The van der Waals surface area contributed by atoms with Crippen LogP contribution in [0.2, 0.25) is 10.0 Å². The summed E-state index contributed by atoms with van der Waals surface area (Å²) in [4.78, 5) is 13.5. The number of hydrogen-bond acceptors (Lipinski definition) is 2. The van der Waals surface area contributed by atoms with E-state index in [4.69, 9.17) is 28.3 Å². The van der Waals surface area contributed by atoms with Crippen LogP contribution in [-0.2, 0) is 11.2 Å².